The van der Waals surface area contributed by atoms with Crippen molar-refractivity contribution >= 4 is 16.0 Å². The van der Waals surface area contributed by atoms with Crippen molar-refractivity contribution in [1.82, 2.24) is 5.32 Å². The minimum absolute atomic E-state index is 0.0812. The molecular formula is C18H22N4O3S. The van der Waals surface area contributed by atoms with Crippen molar-refractivity contribution in [3.63, 3.8) is 0 Å². The molecule has 7 nitrogen and oxygen atoms in total. The molecule has 0 radical (unpaired) electrons. The minimum atomic E-state index is -3.66. The van der Waals surface area contributed by atoms with Gasteiger partial charge in [0.25, 0.3) is 0 Å². The Bertz CT molecular complexity index is 895. The van der Waals surface area contributed by atoms with Gasteiger partial charge in [0, 0.05) is 18.5 Å². The zero-order valence-corrected chi connectivity index (χ0v) is 15.1. The number of sulfonamides is 1. The molecule has 0 saturated heterocycles. The number of nitrogens with one attached hydrogen (secondary N) is 1. The van der Waals surface area contributed by atoms with Gasteiger partial charge in [0.15, 0.2) is 5.96 Å². The zero-order valence-electron chi connectivity index (χ0n) is 14.3. The first-order chi connectivity index (χ1) is 12.4. The second-order valence-electron chi connectivity index (χ2n) is 6.08. The topological polar surface area (TPSA) is 120 Å². The molecule has 2 aromatic carbocycles. The van der Waals surface area contributed by atoms with Gasteiger partial charge in [-0.15, -0.1) is 0 Å². The second kappa shape index (κ2) is 7.76. The van der Waals surface area contributed by atoms with Crippen molar-refractivity contribution in [1.29, 1.82) is 0 Å². The third kappa shape index (κ3) is 4.53. The molecule has 138 valence electrons. The van der Waals surface area contributed by atoms with E-state index in [1.165, 1.54) is 12.1 Å². The first-order valence-corrected chi connectivity index (χ1v) is 9.88. The van der Waals surface area contributed by atoms with Crippen molar-refractivity contribution in [2.45, 2.75) is 23.8 Å². The fraction of sp³-hybridized carbons (Fsp3) is 0.278. The number of nitrogens with zero attached hydrogens (tertiary/aromatic N) is 1. The molecule has 0 aromatic heterocycles. The van der Waals surface area contributed by atoms with Gasteiger partial charge in [0.1, 0.15) is 5.75 Å². The van der Waals surface area contributed by atoms with E-state index in [0.29, 0.717) is 25.5 Å². The molecule has 0 bridgehead atoms. The highest BCUT2D eigenvalue weighted by Gasteiger charge is 2.21. The lowest BCUT2D eigenvalue weighted by Crippen LogP contribution is -2.37. The van der Waals surface area contributed by atoms with Crippen LogP contribution in [-0.4, -0.2) is 27.5 Å². The van der Waals surface area contributed by atoms with E-state index in [1.807, 2.05) is 24.3 Å². The molecule has 1 heterocycles. The van der Waals surface area contributed by atoms with Gasteiger partial charge in [0.2, 0.25) is 10.0 Å². The van der Waals surface area contributed by atoms with E-state index in [2.05, 4.69) is 10.3 Å². The highest BCUT2D eigenvalue weighted by atomic mass is 32.2. The van der Waals surface area contributed by atoms with Crippen LogP contribution in [0.5, 0.6) is 5.75 Å². The lowest BCUT2D eigenvalue weighted by atomic mass is 10.0. The number of hydrogen-bond acceptors (Lipinski definition) is 4. The van der Waals surface area contributed by atoms with Crippen LogP contribution in [0.4, 0.5) is 0 Å². The fourth-order valence-corrected chi connectivity index (χ4v) is 3.38. The van der Waals surface area contributed by atoms with Gasteiger partial charge in [0.05, 0.1) is 17.5 Å². The molecular weight excluding hydrogens is 352 g/mol. The summed E-state index contributed by atoms with van der Waals surface area (Å²) >= 11 is 0. The van der Waals surface area contributed by atoms with E-state index in [9.17, 15) is 8.42 Å². The number of benzene rings is 2. The number of rotatable bonds is 5. The Morgan fingerprint density at radius 2 is 1.92 bits per heavy atom. The lowest BCUT2D eigenvalue weighted by molar-refractivity contribution is 0.262. The summed E-state index contributed by atoms with van der Waals surface area (Å²) in [5.74, 6) is 1.26. The van der Waals surface area contributed by atoms with E-state index in [1.54, 1.807) is 12.1 Å². The maximum Gasteiger partial charge on any atom is 0.238 e. The van der Waals surface area contributed by atoms with Crippen LogP contribution < -0.4 is 20.9 Å². The highest BCUT2D eigenvalue weighted by molar-refractivity contribution is 7.89. The van der Waals surface area contributed by atoms with Gasteiger partial charge >= 0.3 is 0 Å². The van der Waals surface area contributed by atoms with Gasteiger partial charge < -0.3 is 15.8 Å². The molecule has 0 aliphatic carbocycles. The van der Waals surface area contributed by atoms with Gasteiger partial charge in [-0.1, -0.05) is 30.3 Å². The Balaban J connectivity index is 1.56. The van der Waals surface area contributed by atoms with Gasteiger partial charge in [-0.25, -0.2) is 13.6 Å². The molecule has 0 saturated carbocycles. The van der Waals surface area contributed by atoms with Crippen molar-refractivity contribution in [2.24, 2.45) is 15.9 Å². The molecule has 0 fully saturated rings. The molecule has 26 heavy (non-hydrogen) atoms. The normalized spacial score (nSPS) is 17.3. The fourth-order valence-electron chi connectivity index (χ4n) is 2.87. The molecule has 1 aliphatic rings. The largest absolute Gasteiger partial charge is 0.493 e. The van der Waals surface area contributed by atoms with Gasteiger partial charge in [-0.2, -0.15) is 0 Å². The van der Waals surface area contributed by atoms with Crippen LogP contribution in [0.25, 0.3) is 0 Å². The average molecular weight is 374 g/mol. The number of para-hydroxylation sites is 1. The number of fused-ring (bicyclic) bond motifs is 1. The summed E-state index contributed by atoms with van der Waals surface area (Å²) in [6.45, 7) is 1.14. The molecule has 1 atom stereocenters. The monoisotopic (exact) mass is 374 g/mol. The van der Waals surface area contributed by atoms with Crippen LogP contribution in [0.1, 0.15) is 23.6 Å². The summed E-state index contributed by atoms with van der Waals surface area (Å²) in [6, 6.07) is 14.4. The molecule has 0 amide bonds. The second-order valence-corrected chi connectivity index (χ2v) is 7.64. The number of ether oxygens (including phenoxy) is 1. The van der Waals surface area contributed by atoms with Crippen LogP contribution in [0.3, 0.4) is 0 Å². The van der Waals surface area contributed by atoms with E-state index in [-0.39, 0.29) is 10.9 Å². The number of primary sulfonamides is 1. The zero-order chi connectivity index (χ0) is 18.6. The number of guanidine groups is 1. The lowest BCUT2D eigenvalue weighted by Gasteiger charge is -2.26. The van der Waals surface area contributed by atoms with Crippen LogP contribution in [0.2, 0.25) is 0 Å². The predicted molar refractivity (Wildman–Crippen MR) is 100 cm³/mol. The molecule has 1 unspecified atom stereocenters. The summed E-state index contributed by atoms with van der Waals surface area (Å²) in [5.41, 5.74) is 8.05. The summed E-state index contributed by atoms with van der Waals surface area (Å²) in [5, 5.41) is 8.33. The number of hydrogen-bond donors (Lipinski definition) is 3. The Hall–Kier alpha value is -2.58. The van der Waals surface area contributed by atoms with Crippen molar-refractivity contribution in [3.8, 4) is 5.75 Å². The first kappa shape index (κ1) is 18.2. The maximum absolute atomic E-state index is 11.2. The van der Waals surface area contributed by atoms with Crippen LogP contribution in [0, 0.1) is 0 Å². The minimum Gasteiger partial charge on any atom is -0.493 e. The summed E-state index contributed by atoms with van der Waals surface area (Å²) < 4.78 is 28.1. The van der Waals surface area contributed by atoms with Gasteiger partial charge in [-0.05, 0) is 30.2 Å². The molecule has 0 spiro atoms. The van der Waals surface area contributed by atoms with E-state index in [4.69, 9.17) is 15.6 Å². The Morgan fingerprint density at radius 1 is 1.19 bits per heavy atom. The number of nitrogens with two attached hydrogens (primary N) is 2. The Labute approximate surface area is 153 Å². The summed E-state index contributed by atoms with van der Waals surface area (Å²) in [6.07, 6.45) is 1.47. The van der Waals surface area contributed by atoms with Crippen LogP contribution in [0.15, 0.2) is 58.4 Å². The van der Waals surface area contributed by atoms with Crippen LogP contribution >= 0.6 is 0 Å². The molecule has 3 rings (SSSR count). The Kier molecular flexibility index (Phi) is 5.43. The molecule has 1 aliphatic heterocycles. The smallest absolute Gasteiger partial charge is 0.238 e. The molecule has 8 heteroatoms. The van der Waals surface area contributed by atoms with E-state index >= 15 is 0 Å². The van der Waals surface area contributed by atoms with Crippen LogP contribution in [-0.2, 0) is 16.4 Å². The summed E-state index contributed by atoms with van der Waals surface area (Å²) in [4.78, 5) is 4.46. The SMILES string of the molecule is NC(=NCCc1ccc(S(N)(=O)=O)cc1)NC1CCOc2ccccc21. The third-order valence-corrected chi connectivity index (χ3v) is 5.14. The summed E-state index contributed by atoms with van der Waals surface area (Å²) in [7, 11) is -3.66. The van der Waals surface area contributed by atoms with Crippen molar-refractivity contribution in [3.05, 3.63) is 59.7 Å². The third-order valence-electron chi connectivity index (χ3n) is 4.22. The van der Waals surface area contributed by atoms with E-state index in [0.717, 1.165) is 23.3 Å². The maximum atomic E-state index is 11.2. The van der Waals surface area contributed by atoms with Gasteiger partial charge in [-0.3, -0.25) is 4.99 Å². The predicted octanol–water partition coefficient (Wildman–Crippen LogP) is 1.30. The average Bonchev–Trinajstić information content (AvgIpc) is 2.62. The standard InChI is InChI=1S/C18H22N4O3S/c19-18(22-16-10-12-25-17-4-2-1-3-15(16)17)21-11-9-13-5-7-14(8-6-13)26(20,23)24/h1-8,16H,9-12H2,(H3,19,21,22)(H2,20,23,24). The molecule has 5 N–H and O–H groups in total. The Morgan fingerprint density at radius 3 is 2.65 bits per heavy atom. The highest BCUT2D eigenvalue weighted by Crippen LogP contribution is 2.31. The van der Waals surface area contributed by atoms with E-state index < -0.39 is 10.0 Å². The quantitative estimate of drug-likeness (QED) is 0.538. The number of aliphatic imine (C=N–C) groups is 1. The van der Waals surface area contributed by atoms with Crippen molar-refractivity contribution < 1.29 is 13.2 Å². The first-order valence-electron chi connectivity index (χ1n) is 8.33. The van der Waals surface area contributed by atoms with Crippen molar-refractivity contribution in [2.75, 3.05) is 13.2 Å². The molecule has 2 aromatic rings.